The predicted molar refractivity (Wildman–Crippen MR) is 96.5 cm³/mol. The molecule has 3 nitrogen and oxygen atoms in total. The molecule has 0 amide bonds. The second-order valence-electron chi connectivity index (χ2n) is 6.59. The van der Waals surface area contributed by atoms with E-state index in [1.165, 1.54) is 38.4 Å². The normalized spacial score (nSPS) is 15.3. The highest BCUT2D eigenvalue weighted by atomic mass is 35.5. The van der Waals surface area contributed by atoms with Crippen molar-refractivity contribution >= 4 is 11.6 Å². The summed E-state index contributed by atoms with van der Waals surface area (Å²) in [6.07, 6.45) is -3.55. The second-order valence-corrected chi connectivity index (χ2v) is 6.97. The molecular weight excluding hydrogens is 384 g/mol. The summed E-state index contributed by atoms with van der Waals surface area (Å²) in [4.78, 5) is 3.80. The average Bonchev–Trinajstić information content (AvgIpc) is 2.59. The molecule has 2 N–H and O–H groups in total. The number of hydrogen-bond acceptors (Lipinski definition) is 3. The first-order valence-corrected chi connectivity index (χ1v) is 8.71. The van der Waals surface area contributed by atoms with Gasteiger partial charge < -0.3 is 10.5 Å². The molecule has 1 heterocycles. The number of pyridine rings is 1. The molecule has 2 aromatic rings. The molecule has 0 fully saturated rings. The highest BCUT2D eigenvalue weighted by Crippen LogP contribution is 2.48. The van der Waals surface area contributed by atoms with E-state index in [4.69, 9.17) is 22.1 Å². The average molecular weight is 405 g/mol. The van der Waals surface area contributed by atoms with Crippen LogP contribution >= 0.6 is 11.6 Å². The number of rotatable bonds is 7. The fraction of sp³-hybridized carbons (Fsp3) is 0.421. The number of nitrogens with zero attached hydrogens (tertiary/aromatic N) is 1. The number of alkyl halides is 3. The predicted octanol–water partition coefficient (Wildman–Crippen LogP) is 4.91. The van der Waals surface area contributed by atoms with Crippen molar-refractivity contribution in [3.8, 4) is 5.75 Å². The molecule has 1 aromatic heterocycles. The third kappa shape index (κ3) is 4.90. The van der Waals surface area contributed by atoms with Gasteiger partial charge in [-0.05, 0) is 55.3 Å². The van der Waals surface area contributed by atoms with Gasteiger partial charge in [-0.1, -0.05) is 18.5 Å². The van der Waals surface area contributed by atoms with Crippen LogP contribution in [0.4, 0.5) is 17.6 Å². The maximum absolute atomic E-state index is 14.1. The Morgan fingerprint density at radius 3 is 2.48 bits per heavy atom. The van der Waals surface area contributed by atoms with Gasteiger partial charge in [0.2, 0.25) is 0 Å². The maximum atomic E-state index is 14.1. The monoisotopic (exact) mass is 404 g/mol. The summed E-state index contributed by atoms with van der Waals surface area (Å²) in [5, 5.41) is 0.109. The zero-order valence-corrected chi connectivity index (χ0v) is 15.7. The molecule has 0 aliphatic carbocycles. The molecule has 2 rings (SSSR count). The number of aromatic nitrogens is 1. The van der Waals surface area contributed by atoms with Gasteiger partial charge in [-0.15, -0.1) is 0 Å². The lowest BCUT2D eigenvalue weighted by molar-refractivity contribution is -0.193. The third-order valence-electron chi connectivity index (χ3n) is 4.84. The van der Waals surface area contributed by atoms with E-state index >= 15 is 0 Å². The molecule has 0 saturated carbocycles. The summed E-state index contributed by atoms with van der Waals surface area (Å²) in [6.45, 7) is 1.44. The van der Waals surface area contributed by atoms with Gasteiger partial charge in [0.05, 0.1) is 13.0 Å². The first-order chi connectivity index (χ1) is 12.6. The van der Waals surface area contributed by atoms with Gasteiger partial charge in [0.1, 0.15) is 16.7 Å². The minimum atomic E-state index is -4.56. The maximum Gasteiger partial charge on any atom is 0.392 e. The van der Waals surface area contributed by atoms with Crippen LogP contribution in [0.3, 0.4) is 0 Å². The molecule has 1 aromatic carbocycles. The first-order valence-electron chi connectivity index (χ1n) is 8.33. The van der Waals surface area contributed by atoms with Crippen molar-refractivity contribution in [2.45, 2.75) is 31.4 Å². The number of hydrogen-bond donors (Lipinski definition) is 1. The Kier molecular flexibility index (Phi) is 6.70. The zero-order valence-electron chi connectivity index (χ0n) is 15.0. The minimum Gasteiger partial charge on any atom is -0.496 e. The summed E-state index contributed by atoms with van der Waals surface area (Å²) >= 11 is 5.82. The standard InChI is InChI=1S/C19H21ClF4N2O/c1-18(6-7-25,14-11-13(21)3-4-15(14)27-2)16(19(22,23)24)9-12-5-8-26-17(20)10-12/h3-5,8,10-11,16H,6-7,9,25H2,1-2H3. The van der Waals surface area contributed by atoms with E-state index in [1.807, 2.05) is 0 Å². The first kappa shape index (κ1) is 21.4. The molecule has 0 aliphatic heterocycles. The fourth-order valence-corrected chi connectivity index (χ4v) is 3.63. The highest BCUT2D eigenvalue weighted by molar-refractivity contribution is 6.29. The van der Waals surface area contributed by atoms with Crippen LogP contribution in [0.1, 0.15) is 24.5 Å². The van der Waals surface area contributed by atoms with Crippen LogP contribution in [0.15, 0.2) is 36.5 Å². The summed E-state index contributed by atoms with van der Waals surface area (Å²) in [6, 6.07) is 6.45. The molecular formula is C19H21ClF4N2O. The molecule has 8 heteroatoms. The largest absolute Gasteiger partial charge is 0.496 e. The Labute approximate surface area is 160 Å². The van der Waals surface area contributed by atoms with Crippen molar-refractivity contribution in [3.05, 3.63) is 58.6 Å². The number of nitrogens with two attached hydrogens (primary N) is 1. The van der Waals surface area contributed by atoms with Crippen molar-refractivity contribution < 1.29 is 22.3 Å². The van der Waals surface area contributed by atoms with E-state index < -0.39 is 23.3 Å². The van der Waals surface area contributed by atoms with Gasteiger partial charge in [-0.2, -0.15) is 13.2 Å². The van der Waals surface area contributed by atoms with Crippen molar-refractivity contribution in [1.82, 2.24) is 4.98 Å². The molecule has 0 radical (unpaired) electrons. The van der Waals surface area contributed by atoms with Gasteiger partial charge in [0.25, 0.3) is 0 Å². The Morgan fingerprint density at radius 2 is 1.93 bits per heavy atom. The smallest absolute Gasteiger partial charge is 0.392 e. The van der Waals surface area contributed by atoms with Crippen LogP contribution in [-0.4, -0.2) is 24.8 Å². The summed E-state index contributed by atoms with van der Waals surface area (Å²) in [7, 11) is 1.34. The number of benzene rings is 1. The quantitative estimate of drug-likeness (QED) is 0.527. The Morgan fingerprint density at radius 1 is 1.22 bits per heavy atom. The summed E-state index contributed by atoms with van der Waals surface area (Å²) in [5.41, 5.74) is 4.67. The lowest BCUT2D eigenvalue weighted by Gasteiger charge is -2.40. The van der Waals surface area contributed by atoms with Crippen LogP contribution in [-0.2, 0) is 11.8 Å². The van der Waals surface area contributed by atoms with Crippen molar-refractivity contribution in [1.29, 1.82) is 0 Å². The molecule has 27 heavy (non-hydrogen) atoms. The SMILES string of the molecule is COc1ccc(F)cc1C(C)(CCN)C(Cc1ccnc(Cl)c1)C(F)(F)F. The Bertz CT molecular complexity index is 785. The van der Waals surface area contributed by atoms with E-state index in [1.54, 1.807) is 0 Å². The lowest BCUT2D eigenvalue weighted by Crippen LogP contribution is -2.44. The molecule has 2 atom stereocenters. The number of halogens is 5. The van der Waals surface area contributed by atoms with Crippen LogP contribution in [0.5, 0.6) is 5.75 Å². The molecule has 0 spiro atoms. The Balaban J connectivity index is 2.61. The van der Waals surface area contributed by atoms with Crippen LogP contribution < -0.4 is 10.5 Å². The van der Waals surface area contributed by atoms with Gasteiger partial charge >= 0.3 is 6.18 Å². The van der Waals surface area contributed by atoms with Gasteiger partial charge in [0.15, 0.2) is 0 Å². The molecule has 148 valence electrons. The number of ether oxygens (including phenoxy) is 1. The van der Waals surface area contributed by atoms with E-state index in [2.05, 4.69) is 4.98 Å². The van der Waals surface area contributed by atoms with Gasteiger partial charge in [0, 0.05) is 17.2 Å². The zero-order chi connectivity index (χ0) is 20.2. The topological polar surface area (TPSA) is 48.1 Å². The van der Waals surface area contributed by atoms with Crippen LogP contribution in [0, 0.1) is 11.7 Å². The van der Waals surface area contributed by atoms with Crippen molar-refractivity contribution in [3.63, 3.8) is 0 Å². The van der Waals surface area contributed by atoms with Gasteiger partial charge in [-0.3, -0.25) is 0 Å². The second kappa shape index (κ2) is 8.44. The fourth-order valence-electron chi connectivity index (χ4n) is 3.43. The summed E-state index contributed by atoms with van der Waals surface area (Å²) < 4.78 is 61.5. The molecule has 2 unspecified atom stereocenters. The van der Waals surface area contributed by atoms with Crippen molar-refractivity contribution in [2.24, 2.45) is 11.7 Å². The Hall–Kier alpha value is -1.86. The lowest BCUT2D eigenvalue weighted by atomic mass is 9.66. The highest BCUT2D eigenvalue weighted by Gasteiger charge is 2.52. The molecule has 0 aliphatic rings. The van der Waals surface area contributed by atoms with Crippen molar-refractivity contribution in [2.75, 3.05) is 13.7 Å². The molecule has 0 saturated heterocycles. The summed E-state index contributed by atoms with van der Waals surface area (Å²) in [5.74, 6) is -2.28. The van der Waals surface area contributed by atoms with Crippen LogP contribution in [0.2, 0.25) is 5.15 Å². The van der Waals surface area contributed by atoms with E-state index in [-0.39, 0.29) is 35.9 Å². The third-order valence-corrected chi connectivity index (χ3v) is 5.04. The van der Waals surface area contributed by atoms with E-state index in [9.17, 15) is 17.6 Å². The minimum absolute atomic E-state index is 0.000150. The van der Waals surface area contributed by atoms with Crippen LogP contribution in [0.25, 0.3) is 0 Å². The van der Waals surface area contributed by atoms with Gasteiger partial charge in [-0.25, -0.2) is 9.37 Å². The van der Waals surface area contributed by atoms with E-state index in [0.717, 1.165) is 12.1 Å². The van der Waals surface area contributed by atoms with E-state index in [0.29, 0.717) is 5.56 Å². The molecule has 0 bridgehead atoms. The number of methoxy groups -OCH3 is 1.